The van der Waals surface area contributed by atoms with E-state index >= 15 is 0 Å². The van der Waals surface area contributed by atoms with Crippen LogP contribution < -0.4 is 4.74 Å². The molecule has 6 heteroatoms. The number of piperidine rings is 1. The Labute approximate surface area is 167 Å². The van der Waals surface area contributed by atoms with Crippen LogP contribution in [0.3, 0.4) is 0 Å². The number of nitrogens with zero attached hydrogens (tertiary/aromatic N) is 2. The molecule has 3 aromatic rings. The zero-order valence-corrected chi connectivity index (χ0v) is 16.9. The van der Waals surface area contributed by atoms with E-state index in [-0.39, 0.29) is 12.0 Å². The zero-order valence-electron chi connectivity index (χ0n) is 15.4. The Morgan fingerprint density at radius 2 is 1.96 bits per heavy atom. The van der Waals surface area contributed by atoms with Gasteiger partial charge in [-0.3, -0.25) is 4.79 Å². The number of fused-ring (bicyclic) bond motifs is 1. The van der Waals surface area contributed by atoms with Crippen LogP contribution in [0.1, 0.15) is 34.3 Å². The summed E-state index contributed by atoms with van der Waals surface area (Å²) in [6, 6.07) is 11.7. The number of benzene rings is 2. The van der Waals surface area contributed by atoms with Crippen molar-refractivity contribution >= 4 is 39.1 Å². The van der Waals surface area contributed by atoms with E-state index in [1.165, 1.54) is 16.9 Å². The largest absolute Gasteiger partial charge is 0.467 e. The highest BCUT2D eigenvalue weighted by molar-refractivity contribution is 7.20. The molecular weight excluding hydrogens is 380 g/mol. The average molecular weight is 401 g/mol. The van der Waals surface area contributed by atoms with Crippen LogP contribution in [-0.4, -0.2) is 35.0 Å². The number of amides is 1. The molecule has 27 heavy (non-hydrogen) atoms. The van der Waals surface area contributed by atoms with Gasteiger partial charge in [0.25, 0.3) is 11.1 Å². The Kier molecular flexibility index (Phi) is 5.06. The first-order chi connectivity index (χ1) is 13.0. The maximum Gasteiger partial charge on any atom is 0.274 e. The van der Waals surface area contributed by atoms with Crippen LogP contribution in [-0.2, 0) is 0 Å². The van der Waals surface area contributed by atoms with E-state index in [0.717, 1.165) is 34.2 Å². The fourth-order valence-corrected chi connectivity index (χ4v) is 4.50. The predicted molar refractivity (Wildman–Crippen MR) is 110 cm³/mol. The normalized spacial score (nSPS) is 15.3. The molecule has 0 bridgehead atoms. The number of likely N-dealkylation sites (tertiary alicyclic amines) is 1. The number of ether oxygens (including phenoxy) is 1. The summed E-state index contributed by atoms with van der Waals surface area (Å²) in [4.78, 5) is 19.2. The Balaban J connectivity index is 1.38. The average Bonchev–Trinajstić information content (AvgIpc) is 3.08. The summed E-state index contributed by atoms with van der Waals surface area (Å²) in [7, 11) is 0. The van der Waals surface area contributed by atoms with Gasteiger partial charge in [-0.2, -0.15) is 0 Å². The van der Waals surface area contributed by atoms with Crippen LogP contribution in [0.2, 0.25) is 5.02 Å². The molecule has 0 unspecified atom stereocenters. The fourth-order valence-electron chi connectivity index (χ4n) is 3.32. The third-order valence-corrected chi connectivity index (χ3v) is 6.32. The summed E-state index contributed by atoms with van der Waals surface area (Å²) in [5.74, 6) is 0.100. The van der Waals surface area contributed by atoms with E-state index in [9.17, 15) is 4.79 Å². The first-order valence-corrected chi connectivity index (χ1v) is 10.3. The quantitative estimate of drug-likeness (QED) is 0.603. The highest BCUT2D eigenvalue weighted by atomic mass is 35.5. The number of aryl methyl sites for hydroxylation is 2. The van der Waals surface area contributed by atoms with Gasteiger partial charge in [0.2, 0.25) is 0 Å². The maximum absolute atomic E-state index is 12.7. The summed E-state index contributed by atoms with van der Waals surface area (Å²) in [5.41, 5.74) is 3.91. The lowest BCUT2D eigenvalue weighted by atomic mass is 10.0. The van der Waals surface area contributed by atoms with Crippen molar-refractivity contribution in [1.82, 2.24) is 9.88 Å². The molecule has 4 rings (SSSR count). The second-order valence-corrected chi connectivity index (χ2v) is 8.38. The molecule has 2 aromatic carbocycles. The first kappa shape index (κ1) is 18.3. The van der Waals surface area contributed by atoms with Crippen molar-refractivity contribution in [2.24, 2.45) is 0 Å². The van der Waals surface area contributed by atoms with Crippen molar-refractivity contribution < 1.29 is 9.53 Å². The number of carbonyl (C=O) groups is 1. The van der Waals surface area contributed by atoms with Crippen LogP contribution in [0, 0.1) is 13.8 Å². The third kappa shape index (κ3) is 3.80. The van der Waals surface area contributed by atoms with Crippen LogP contribution in [0.25, 0.3) is 10.2 Å². The number of rotatable bonds is 3. The molecular formula is C21H21ClN2O2S. The lowest BCUT2D eigenvalue weighted by Gasteiger charge is -2.31. The molecule has 0 aliphatic carbocycles. The molecule has 1 aromatic heterocycles. The lowest BCUT2D eigenvalue weighted by molar-refractivity contribution is 0.0595. The number of hydrogen-bond acceptors (Lipinski definition) is 4. The predicted octanol–water partition coefficient (Wildman–Crippen LogP) is 5.25. The van der Waals surface area contributed by atoms with Crippen molar-refractivity contribution in [3.05, 3.63) is 58.1 Å². The molecule has 4 nitrogen and oxygen atoms in total. The van der Waals surface area contributed by atoms with Crippen LogP contribution in [0.15, 0.2) is 36.4 Å². The van der Waals surface area contributed by atoms with Gasteiger partial charge in [0.1, 0.15) is 11.6 Å². The Morgan fingerprint density at radius 1 is 1.19 bits per heavy atom. The molecule has 0 N–H and O–H groups in total. The van der Waals surface area contributed by atoms with Crippen LogP contribution in [0.4, 0.5) is 0 Å². The summed E-state index contributed by atoms with van der Waals surface area (Å²) < 4.78 is 7.10. The standard InChI is InChI=1S/C21H21ClN2O2S/c1-13-6-7-15(12-14(13)2)20(25)24-10-8-16(9-11-24)26-21-23-19-17(22)4-3-5-18(19)27-21/h3-7,12,16H,8-11H2,1-2H3. The second-order valence-electron chi connectivity index (χ2n) is 6.97. The van der Waals surface area contributed by atoms with Gasteiger partial charge in [0.05, 0.1) is 9.72 Å². The minimum Gasteiger partial charge on any atom is -0.467 e. The summed E-state index contributed by atoms with van der Waals surface area (Å²) in [6.45, 7) is 5.49. The van der Waals surface area contributed by atoms with Crippen molar-refractivity contribution in [1.29, 1.82) is 0 Å². The van der Waals surface area contributed by atoms with Crippen molar-refractivity contribution in [3.63, 3.8) is 0 Å². The Morgan fingerprint density at radius 3 is 2.67 bits per heavy atom. The van der Waals surface area contributed by atoms with Crippen molar-refractivity contribution in [2.45, 2.75) is 32.8 Å². The molecule has 1 aliphatic heterocycles. The summed E-state index contributed by atoms with van der Waals surface area (Å²) in [5, 5.41) is 1.30. The summed E-state index contributed by atoms with van der Waals surface area (Å²) in [6.07, 6.45) is 1.69. The number of carbonyl (C=O) groups excluding carboxylic acids is 1. The van der Waals surface area contributed by atoms with E-state index in [2.05, 4.69) is 11.9 Å². The van der Waals surface area contributed by atoms with E-state index in [4.69, 9.17) is 16.3 Å². The SMILES string of the molecule is Cc1ccc(C(=O)N2CCC(Oc3nc4c(Cl)cccc4s3)CC2)cc1C. The van der Waals surface area contributed by atoms with Gasteiger partial charge in [0.15, 0.2) is 0 Å². The van der Waals surface area contributed by atoms with E-state index in [0.29, 0.717) is 23.3 Å². The van der Waals surface area contributed by atoms with Gasteiger partial charge in [-0.05, 0) is 49.2 Å². The molecule has 1 aliphatic rings. The molecule has 1 saturated heterocycles. The summed E-state index contributed by atoms with van der Waals surface area (Å²) >= 11 is 7.70. The zero-order chi connectivity index (χ0) is 19.0. The highest BCUT2D eigenvalue weighted by Crippen LogP contribution is 2.33. The molecule has 140 valence electrons. The topological polar surface area (TPSA) is 42.4 Å². The van der Waals surface area contributed by atoms with Crippen molar-refractivity contribution in [2.75, 3.05) is 13.1 Å². The molecule has 1 fully saturated rings. The molecule has 0 radical (unpaired) electrons. The smallest absolute Gasteiger partial charge is 0.274 e. The molecule has 1 amide bonds. The minimum absolute atomic E-state index is 0.0770. The highest BCUT2D eigenvalue weighted by Gasteiger charge is 2.25. The number of para-hydroxylation sites is 1. The van der Waals surface area contributed by atoms with E-state index in [1.54, 1.807) is 0 Å². The van der Waals surface area contributed by atoms with Gasteiger partial charge in [-0.15, -0.1) is 0 Å². The molecule has 2 heterocycles. The number of halogens is 1. The minimum atomic E-state index is 0.0770. The first-order valence-electron chi connectivity index (χ1n) is 9.09. The van der Waals surface area contributed by atoms with Gasteiger partial charge in [-0.25, -0.2) is 4.98 Å². The fraction of sp³-hybridized carbons (Fsp3) is 0.333. The Hall–Kier alpha value is -2.11. The van der Waals surface area contributed by atoms with E-state index in [1.807, 2.05) is 48.2 Å². The molecule has 0 atom stereocenters. The number of aromatic nitrogens is 1. The molecule has 0 saturated carbocycles. The number of thiazole rings is 1. The number of hydrogen-bond donors (Lipinski definition) is 0. The van der Waals surface area contributed by atoms with Crippen LogP contribution in [0.5, 0.6) is 5.19 Å². The van der Waals surface area contributed by atoms with Gasteiger partial charge in [0, 0.05) is 31.5 Å². The maximum atomic E-state index is 12.7. The molecule has 0 spiro atoms. The van der Waals surface area contributed by atoms with Crippen LogP contribution >= 0.6 is 22.9 Å². The van der Waals surface area contributed by atoms with Gasteiger partial charge >= 0.3 is 0 Å². The van der Waals surface area contributed by atoms with E-state index < -0.39 is 0 Å². The van der Waals surface area contributed by atoms with Gasteiger partial charge in [-0.1, -0.05) is 35.1 Å². The second kappa shape index (κ2) is 7.49. The van der Waals surface area contributed by atoms with Gasteiger partial charge < -0.3 is 9.64 Å². The third-order valence-electron chi connectivity index (χ3n) is 5.10. The monoisotopic (exact) mass is 400 g/mol. The Bertz CT molecular complexity index is 993. The lowest BCUT2D eigenvalue weighted by Crippen LogP contribution is -2.41. The van der Waals surface area contributed by atoms with Crippen molar-refractivity contribution in [3.8, 4) is 5.19 Å².